The highest BCUT2D eigenvalue weighted by atomic mass is 16.5. The van der Waals surface area contributed by atoms with Gasteiger partial charge in [0.1, 0.15) is 0 Å². The predicted molar refractivity (Wildman–Crippen MR) is 118 cm³/mol. The third-order valence-corrected chi connectivity index (χ3v) is 6.80. The third-order valence-electron chi connectivity index (χ3n) is 6.80. The van der Waals surface area contributed by atoms with Crippen LogP contribution in [0.4, 0.5) is 5.69 Å². The lowest BCUT2D eigenvalue weighted by molar-refractivity contribution is 0.206. The molecule has 0 aromatic heterocycles. The fourth-order valence-corrected chi connectivity index (χ4v) is 5.31. The molecule has 2 aliphatic carbocycles. The summed E-state index contributed by atoms with van der Waals surface area (Å²) in [7, 11) is 0. The van der Waals surface area contributed by atoms with Crippen LogP contribution < -0.4 is 10.6 Å². The summed E-state index contributed by atoms with van der Waals surface area (Å²) < 4.78 is 5.62. The van der Waals surface area contributed by atoms with E-state index >= 15 is 0 Å². The Kier molecular flexibility index (Phi) is 4.49. The second kappa shape index (κ2) is 7.17. The van der Waals surface area contributed by atoms with Crippen molar-refractivity contribution in [3.63, 3.8) is 0 Å². The van der Waals surface area contributed by atoms with E-state index in [1.54, 1.807) is 0 Å². The lowest BCUT2D eigenvalue weighted by atomic mass is 9.85. The van der Waals surface area contributed by atoms with E-state index in [9.17, 15) is 0 Å². The van der Waals surface area contributed by atoms with Gasteiger partial charge in [-0.1, -0.05) is 74.6 Å². The number of anilines is 1. The average molecular weight is 385 g/mol. The molecule has 0 amide bonds. The molecule has 0 bridgehead atoms. The van der Waals surface area contributed by atoms with Gasteiger partial charge < -0.3 is 15.4 Å². The normalized spacial score (nSPS) is 30.7. The molecule has 1 aromatic rings. The maximum Gasteiger partial charge on any atom is 0.240 e. The van der Waals surface area contributed by atoms with Crippen molar-refractivity contribution in [2.24, 2.45) is 17.6 Å². The molecule has 2 heterocycles. The van der Waals surface area contributed by atoms with E-state index in [1.807, 2.05) is 0 Å². The first-order valence-corrected chi connectivity index (χ1v) is 10.7. The minimum atomic E-state index is 0.231. The summed E-state index contributed by atoms with van der Waals surface area (Å²) in [5.41, 5.74) is 13.1. The molecule has 1 aromatic carbocycles. The van der Waals surface area contributed by atoms with E-state index in [1.165, 1.54) is 16.8 Å². The largest absolute Gasteiger partial charge is 0.430 e. The average Bonchev–Trinajstić information content (AvgIpc) is 3.04. The quantitative estimate of drug-likeness (QED) is 0.715. The van der Waals surface area contributed by atoms with Crippen LogP contribution in [-0.4, -0.2) is 12.1 Å². The number of nitrogens with two attached hydrogens (primary N) is 1. The molecule has 2 aliphatic heterocycles. The standard InChI is InChI=1S/C26H28N2O/c1-17-22-10-6-7-11-23(22)28(26(17)18(2)24-16-25(27)29-24)21-14-12-20(13-15-21)19-8-4-3-5-9-19/h3-8,10-14,17-19,21,26H,9,15,27H2,1-2H3/t17-,18?,19?,21?,26?/m0/s1. The molecule has 3 heteroatoms. The van der Waals surface area contributed by atoms with E-state index in [2.05, 4.69) is 91.3 Å². The Morgan fingerprint density at radius 2 is 2.00 bits per heavy atom. The van der Waals surface area contributed by atoms with Crippen LogP contribution in [0.15, 0.2) is 89.7 Å². The van der Waals surface area contributed by atoms with Crippen LogP contribution in [0, 0.1) is 11.8 Å². The Hall–Kier alpha value is -2.90. The van der Waals surface area contributed by atoms with Gasteiger partial charge in [0.15, 0.2) is 5.76 Å². The zero-order valence-corrected chi connectivity index (χ0v) is 17.1. The van der Waals surface area contributed by atoms with Crippen molar-refractivity contribution in [2.75, 3.05) is 4.90 Å². The summed E-state index contributed by atoms with van der Waals surface area (Å²) in [5.74, 6) is 2.45. The molecule has 0 fully saturated rings. The van der Waals surface area contributed by atoms with E-state index < -0.39 is 0 Å². The molecule has 29 heavy (non-hydrogen) atoms. The minimum Gasteiger partial charge on any atom is -0.430 e. The Bertz CT molecular complexity index is 1010. The fourth-order valence-electron chi connectivity index (χ4n) is 5.31. The van der Waals surface area contributed by atoms with Crippen LogP contribution in [0.3, 0.4) is 0 Å². The highest BCUT2D eigenvalue weighted by Gasteiger charge is 2.44. The summed E-state index contributed by atoms with van der Waals surface area (Å²) in [5, 5.41) is 0. The molecule has 4 aliphatic rings. The van der Waals surface area contributed by atoms with Crippen LogP contribution in [0.2, 0.25) is 0 Å². The molecule has 2 N–H and O–H groups in total. The van der Waals surface area contributed by atoms with Crippen LogP contribution >= 0.6 is 0 Å². The van der Waals surface area contributed by atoms with Crippen LogP contribution in [0.25, 0.3) is 0 Å². The fraction of sp³-hybridized carbons (Fsp3) is 0.346. The summed E-state index contributed by atoms with van der Waals surface area (Å²) in [6.45, 7) is 4.57. The van der Waals surface area contributed by atoms with Crippen LogP contribution in [0.1, 0.15) is 38.2 Å². The first-order chi connectivity index (χ1) is 14.1. The van der Waals surface area contributed by atoms with Crippen molar-refractivity contribution in [1.29, 1.82) is 0 Å². The molecule has 0 saturated heterocycles. The van der Waals surface area contributed by atoms with E-state index in [-0.39, 0.29) is 5.92 Å². The van der Waals surface area contributed by atoms with Crippen molar-refractivity contribution in [2.45, 2.75) is 44.7 Å². The maximum absolute atomic E-state index is 5.71. The number of fused-ring (bicyclic) bond motifs is 1. The van der Waals surface area contributed by atoms with Crippen LogP contribution in [-0.2, 0) is 4.74 Å². The Balaban J connectivity index is 1.44. The summed E-state index contributed by atoms with van der Waals surface area (Å²) in [6, 6.07) is 9.51. The van der Waals surface area contributed by atoms with Crippen molar-refractivity contribution in [3.8, 4) is 0 Å². The van der Waals surface area contributed by atoms with Gasteiger partial charge in [-0.25, -0.2) is 0 Å². The number of para-hydroxylation sites is 1. The molecule has 5 rings (SSSR count). The molecule has 0 radical (unpaired) electrons. The number of rotatable bonds is 4. The van der Waals surface area contributed by atoms with Crippen molar-refractivity contribution < 1.29 is 4.74 Å². The topological polar surface area (TPSA) is 38.5 Å². The number of nitrogens with zero attached hydrogens (tertiary/aromatic N) is 1. The Morgan fingerprint density at radius 1 is 1.17 bits per heavy atom. The smallest absolute Gasteiger partial charge is 0.240 e. The lowest BCUT2D eigenvalue weighted by Crippen LogP contribution is -2.46. The van der Waals surface area contributed by atoms with Gasteiger partial charge in [0.05, 0.1) is 6.04 Å². The molecule has 148 valence electrons. The number of allylic oxidation sites excluding steroid dienone is 6. The van der Waals surface area contributed by atoms with Gasteiger partial charge in [0.25, 0.3) is 0 Å². The highest BCUT2D eigenvalue weighted by molar-refractivity contribution is 5.64. The molecule has 3 nitrogen and oxygen atoms in total. The lowest BCUT2D eigenvalue weighted by Gasteiger charge is -2.40. The second-order valence-electron chi connectivity index (χ2n) is 8.51. The highest BCUT2D eigenvalue weighted by Crippen LogP contribution is 2.47. The SMILES string of the molecule is CC(C1=C=C(N)O1)C1[C@@H](C)c2ccccc2N1C1C=CC(C2C=CC=CC2)=CC1. The van der Waals surface area contributed by atoms with Gasteiger partial charge in [-0.2, -0.15) is 0 Å². The number of ether oxygens (including phenoxy) is 1. The Morgan fingerprint density at radius 3 is 2.69 bits per heavy atom. The first kappa shape index (κ1) is 18.1. The monoisotopic (exact) mass is 384 g/mol. The van der Waals surface area contributed by atoms with E-state index in [0.717, 1.165) is 18.6 Å². The number of hydrogen-bond donors (Lipinski definition) is 1. The van der Waals surface area contributed by atoms with Gasteiger partial charge in [-0.05, 0) is 35.8 Å². The van der Waals surface area contributed by atoms with Gasteiger partial charge in [0, 0.05) is 29.5 Å². The molecule has 0 spiro atoms. The minimum absolute atomic E-state index is 0.231. The van der Waals surface area contributed by atoms with Gasteiger partial charge >= 0.3 is 0 Å². The number of hydrogen-bond acceptors (Lipinski definition) is 3. The number of benzene rings is 1. The zero-order chi connectivity index (χ0) is 20.0. The molecular formula is C26H28N2O. The zero-order valence-electron chi connectivity index (χ0n) is 17.1. The third kappa shape index (κ3) is 3.07. The molecule has 4 unspecified atom stereocenters. The van der Waals surface area contributed by atoms with Crippen molar-refractivity contribution >= 4 is 5.69 Å². The second-order valence-corrected chi connectivity index (χ2v) is 8.51. The predicted octanol–water partition coefficient (Wildman–Crippen LogP) is 5.32. The van der Waals surface area contributed by atoms with Gasteiger partial charge in [-0.15, -0.1) is 0 Å². The van der Waals surface area contributed by atoms with Crippen molar-refractivity contribution in [3.05, 3.63) is 95.3 Å². The van der Waals surface area contributed by atoms with Crippen molar-refractivity contribution in [1.82, 2.24) is 0 Å². The first-order valence-electron chi connectivity index (χ1n) is 10.7. The van der Waals surface area contributed by atoms with Gasteiger partial charge in [0.2, 0.25) is 5.88 Å². The summed E-state index contributed by atoms with van der Waals surface area (Å²) >= 11 is 0. The van der Waals surface area contributed by atoms with E-state index in [4.69, 9.17) is 10.5 Å². The molecule has 0 saturated carbocycles. The van der Waals surface area contributed by atoms with E-state index in [0.29, 0.717) is 29.8 Å². The van der Waals surface area contributed by atoms with Gasteiger partial charge in [-0.3, -0.25) is 0 Å². The Labute approximate surface area is 173 Å². The summed E-state index contributed by atoms with van der Waals surface area (Å²) in [4.78, 5) is 2.61. The molecule has 5 atom stereocenters. The summed E-state index contributed by atoms with van der Waals surface area (Å²) in [6.07, 6.45) is 18.2. The van der Waals surface area contributed by atoms with Crippen LogP contribution in [0.5, 0.6) is 0 Å². The molecular weight excluding hydrogens is 356 g/mol. The maximum atomic E-state index is 5.71.